The number of benzene rings is 1. The third kappa shape index (κ3) is 6.58. The molecule has 6 heteroatoms. The molecule has 0 amide bonds. The summed E-state index contributed by atoms with van der Waals surface area (Å²) in [6, 6.07) is 9.03. The zero-order valence-corrected chi connectivity index (χ0v) is 20.9. The van der Waals surface area contributed by atoms with Crippen LogP contribution in [0.1, 0.15) is 61.7 Å². The minimum absolute atomic E-state index is 0.263. The fraction of sp³-hybridized carbons (Fsp3) is 0.615. The molecule has 1 aromatic heterocycles. The van der Waals surface area contributed by atoms with Crippen molar-refractivity contribution in [2.24, 2.45) is 18.0 Å². The smallest absolute Gasteiger partial charge is 0.191 e. The molecule has 1 aliphatic heterocycles. The molecule has 0 bridgehead atoms. The van der Waals surface area contributed by atoms with Crippen LogP contribution in [0, 0.1) is 19.8 Å². The molecule has 2 heterocycles. The van der Waals surface area contributed by atoms with E-state index in [0.717, 1.165) is 37.1 Å². The molecule has 0 saturated carbocycles. The lowest BCUT2D eigenvalue weighted by molar-refractivity contribution is 0.176. The van der Waals surface area contributed by atoms with Gasteiger partial charge in [-0.3, -0.25) is 9.58 Å². The van der Waals surface area contributed by atoms with Crippen molar-refractivity contribution in [3.63, 3.8) is 0 Å². The predicted octanol–water partition coefficient (Wildman–Crippen LogP) is 3.96. The Morgan fingerprint density at radius 2 is 2.00 bits per heavy atom. The number of guanidine groups is 1. The highest BCUT2D eigenvalue weighted by molar-refractivity contribution is 5.80. The molecule has 0 aliphatic carbocycles. The quantitative estimate of drug-likeness (QED) is 0.484. The summed E-state index contributed by atoms with van der Waals surface area (Å²) < 4.78 is 1.97. The Bertz CT molecular complexity index is 900. The molecule has 0 spiro atoms. The summed E-state index contributed by atoms with van der Waals surface area (Å²) in [4.78, 5) is 7.54. The molecule has 2 N–H and O–H groups in total. The van der Waals surface area contributed by atoms with E-state index in [-0.39, 0.29) is 6.04 Å². The Labute approximate surface area is 194 Å². The van der Waals surface area contributed by atoms with Crippen molar-refractivity contribution < 1.29 is 0 Å². The fourth-order valence-electron chi connectivity index (χ4n) is 4.72. The zero-order valence-electron chi connectivity index (χ0n) is 20.9. The first-order chi connectivity index (χ1) is 15.4. The van der Waals surface area contributed by atoms with Gasteiger partial charge in [0.2, 0.25) is 0 Å². The molecule has 2 unspecified atom stereocenters. The highest BCUT2D eigenvalue weighted by Crippen LogP contribution is 2.20. The lowest BCUT2D eigenvalue weighted by Crippen LogP contribution is -2.43. The SMILES string of the molecule is CCNC(=NCc1ccccc1CN1CCCC(C)C1)NC(C)Cc1c(C)nn(C)c1C. The van der Waals surface area contributed by atoms with Gasteiger partial charge in [-0.2, -0.15) is 5.10 Å². The Balaban J connectivity index is 1.65. The number of aromatic nitrogens is 2. The van der Waals surface area contributed by atoms with E-state index in [1.165, 1.54) is 48.3 Å². The van der Waals surface area contributed by atoms with E-state index in [4.69, 9.17) is 4.99 Å². The fourth-order valence-corrected chi connectivity index (χ4v) is 4.72. The van der Waals surface area contributed by atoms with Crippen molar-refractivity contribution in [1.29, 1.82) is 0 Å². The lowest BCUT2D eigenvalue weighted by atomic mass is 9.99. The molecular formula is C26H42N6. The van der Waals surface area contributed by atoms with Gasteiger partial charge in [0.05, 0.1) is 12.2 Å². The van der Waals surface area contributed by atoms with Gasteiger partial charge in [0.25, 0.3) is 0 Å². The number of likely N-dealkylation sites (tertiary alicyclic amines) is 1. The molecule has 2 aromatic rings. The van der Waals surface area contributed by atoms with E-state index < -0.39 is 0 Å². The maximum absolute atomic E-state index is 4.94. The first-order valence-corrected chi connectivity index (χ1v) is 12.2. The number of hydrogen-bond donors (Lipinski definition) is 2. The van der Waals surface area contributed by atoms with Crippen LogP contribution < -0.4 is 10.6 Å². The Hall–Kier alpha value is -2.34. The standard InChI is InChI=1S/C26H42N6/c1-7-27-26(29-20(3)15-25-21(4)30-31(6)22(25)5)28-16-23-12-8-9-13-24(23)18-32-14-10-11-19(2)17-32/h8-9,12-13,19-20H,7,10-11,14-18H2,1-6H3,(H2,27,28,29). The average molecular weight is 439 g/mol. The Morgan fingerprint density at radius 3 is 2.66 bits per heavy atom. The number of hydrogen-bond acceptors (Lipinski definition) is 3. The van der Waals surface area contributed by atoms with Crippen LogP contribution in [-0.2, 0) is 26.6 Å². The lowest BCUT2D eigenvalue weighted by Gasteiger charge is -2.31. The molecular weight excluding hydrogens is 396 g/mol. The summed E-state index contributed by atoms with van der Waals surface area (Å²) >= 11 is 0. The molecule has 32 heavy (non-hydrogen) atoms. The third-order valence-electron chi connectivity index (χ3n) is 6.56. The minimum atomic E-state index is 0.263. The number of aryl methyl sites for hydroxylation is 2. The molecule has 3 rings (SSSR count). The Morgan fingerprint density at radius 1 is 1.25 bits per heavy atom. The maximum atomic E-state index is 4.94. The minimum Gasteiger partial charge on any atom is -0.357 e. The third-order valence-corrected chi connectivity index (χ3v) is 6.56. The van der Waals surface area contributed by atoms with Crippen molar-refractivity contribution in [2.45, 2.75) is 73.0 Å². The highest BCUT2D eigenvalue weighted by atomic mass is 15.3. The van der Waals surface area contributed by atoms with Gasteiger partial charge in [-0.05, 0) is 76.1 Å². The van der Waals surface area contributed by atoms with Crippen LogP contribution in [0.5, 0.6) is 0 Å². The van der Waals surface area contributed by atoms with Crippen LogP contribution in [0.15, 0.2) is 29.3 Å². The van der Waals surface area contributed by atoms with Crippen molar-refractivity contribution >= 4 is 5.96 Å². The van der Waals surface area contributed by atoms with Crippen LogP contribution in [0.3, 0.4) is 0 Å². The zero-order chi connectivity index (χ0) is 23.1. The van der Waals surface area contributed by atoms with Gasteiger partial charge < -0.3 is 10.6 Å². The van der Waals surface area contributed by atoms with Gasteiger partial charge in [0.15, 0.2) is 5.96 Å². The van der Waals surface area contributed by atoms with Crippen LogP contribution in [0.2, 0.25) is 0 Å². The van der Waals surface area contributed by atoms with Gasteiger partial charge in [-0.1, -0.05) is 31.2 Å². The van der Waals surface area contributed by atoms with Crippen molar-refractivity contribution in [3.8, 4) is 0 Å². The summed E-state index contributed by atoms with van der Waals surface area (Å²) in [6.07, 6.45) is 3.60. The van der Waals surface area contributed by atoms with Gasteiger partial charge in [0.1, 0.15) is 0 Å². The molecule has 6 nitrogen and oxygen atoms in total. The van der Waals surface area contributed by atoms with E-state index >= 15 is 0 Å². The first kappa shape index (κ1) is 24.3. The second-order valence-corrected chi connectivity index (χ2v) is 9.47. The molecule has 0 radical (unpaired) electrons. The molecule has 1 fully saturated rings. The van der Waals surface area contributed by atoms with Gasteiger partial charge in [-0.25, -0.2) is 4.99 Å². The summed E-state index contributed by atoms with van der Waals surface area (Å²) in [7, 11) is 2.01. The van der Waals surface area contributed by atoms with Crippen molar-refractivity contribution in [3.05, 3.63) is 52.3 Å². The number of rotatable bonds is 8. The summed E-state index contributed by atoms with van der Waals surface area (Å²) in [5.74, 6) is 1.67. The Kier molecular flexibility index (Phi) is 8.74. The monoisotopic (exact) mass is 438 g/mol. The number of nitrogens with zero attached hydrogens (tertiary/aromatic N) is 4. The van der Waals surface area contributed by atoms with E-state index in [2.05, 4.69) is 79.5 Å². The van der Waals surface area contributed by atoms with Crippen LogP contribution in [0.25, 0.3) is 0 Å². The second-order valence-electron chi connectivity index (χ2n) is 9.47. The molecule has 1 aliphatic rings. The van der Waals surface area contributed by atoms with Crippen molar-refractivity contribution in [2.75, 3.05) is 19.6 Å². The maximum Gasteiger partial charge on any atom is 0.191 e. The van der Waals surface area contributed by atoms with Crippen molar-refractivity contribution in [1.82, 2.24) is 25.3 Å². The first-order valence-electron chi connectivity index (χ1n) is 12.2. The largest absolute Gasteiger partial charge is 0.357 e. The normalized spacial score (nSPS) is 18.6. The van der Waals surface area contributed by atoms with E-state index in [9.17, 15) is 0 Å². The number of piperidine rings is 1. The predicted molar refractivity (Wildman–Crippen MR) is 134 cm³/mol. The van der Waals surface area contributed by atoms with Crippen LogP contribution in [-0.4, -0.2) is 46.3 Å². The number of nitrogens with one attached hydrogen (secondary N) is 2. The second kappa shape index (κ2) is 11.5. The summed E-state index contributed by atoms with van der Waals surface area (Å²) in [6.45, 7) is 15.9. The van der Waals surface area contributed by atoms with Crippen LogP contribution in [0.4, 0.5) is 0 Å². The number of aliphatic imine (C=N–C) groups is 1. The topological polar surface area (TPSA) is 57.5 Å². The van der Waals surface area contributed by atoms with E-state index in [0.29, 0.717) is 6.54 Å². The average Bonchev–Trinajstić information content (AvgIpc) is 2.99. The molecule has 1 aromatic carbocycles. The molecule has 2 atom stereocenters. The van der Waals surface area contributed by atoms with E-state index in [1.807, 2.05) is 11.7 Å². The van der Waals surface area contributed by atoms with Crippen LogP contribution >= 0.6 is 0 Å². The summed E-state index contributed by atoms with van der Waals surface area (Å²) in [5, 5.41) is 11.6. The van der Waals surface area contributed by atoms with Gasteiger partial charge >= 0.3 is 0 Å². The molecule has 1 saturated heterocycles. The van der Waals surface area contributed by atoms with Gasteiger partial charge in [-0.15, -0.1) is 0 Å². The molecule has 176 valence electrons. The van der Waals surface area contributed by atoms with Gasteiger partial charge in [0, 0.05) is 38.4 Å². The summed E-state index contributed by atoms with van der Waals surface area (Å²) in [5.41, 5.74) is 6.38. The highest BCUT2D eigenvalue weighted by Gasteiger charge is 2.17. The van der Waals surface area contributed by atoms with E-state index in [1.54, 1.807) is 0 Å².